The molecular formula is C23H30N4O3. The van der Waals surface area contributed by atoms with E-state index in [9.17, 15) is 14.9 Å². The van der Waals surface area contributed by atoms with E-state index in [2.05, 4.69) is 28.6 Å². The van der Waals surface area contributed by atoms with Gasteiger partial charge in [-0.3, -0.25) is 19.8 Å². The minimum atomic E-state index is -0.442. The highest BCUT2D eigenvalue weighted by atomic mass is 16.6. The van der Waals surface area contributed by atoms with Crippen molar-refractivity contribution in [2.24, 2.45) is 0 Å². The molecule has 0 heterocycles. The van der Waals surface area contributed by atoms with Crippen molar-refractivity contribution in [3.05, 3.63) is 63.7 Å². The van der Waals surface area contributed by atoms with E-state index in [0.717, 1.165) is 17.8 Å². The van der Waals surface area contributed by atoms with Crippen LogP contribution in [0.25, 0.3) is 0 Å². The molecule has 1 aliphatic carbocycles. The fourth-order valence-electron chi connectivity index (χ4n) is 4.08. The molecular weight excluding hydrogens is 380 g/mol. The Labute approximate surface area is 177 Å². The highest BCUT2D eigenvalue weighted by Crippen LogP contribution is 2.26. The molecule has 0 spiro atoms. The number of carbonyl (C=O) groups is 1. The maximum atomic E-state index is 12.4. The second-order valence-electron chi connectivity index (χ2n) is 7.97. The number of rotatable bonds is 8. The van der Waals surface area contributed by atoms with Gasteiger partial charge >= 0.3 is 0 Å². The molecule has 7 nitrogen and oxygen atoms in total. The molecule has 1 amide bonds. The largest absolute Gasteiger partial charge is 0.376 e. The van der Waals surface area contributed by atoms with Crippen molar-refractivity contribution >= 4 is 23.0 Å². The molecule has 0 aromatic heterocycles. The summed E-state index contributed by atoms with van der Waals surface area (Å²) in [5.41, 5.74) is 3.00. The second-order valence-corrected chi connectivity index (χ2v) is 7.97. The molecule has 0 saturated heterocycles. The van der Waals surface area contributed by atoms with Gasteiger partial charge in [-0.05, 0) is 44.5 Å². The van der Waals surface area contributed by atoms with Crippen LogP contribution in [0, 0.1) is 17.0 Å². The third kappa shape index (κ3) is 5.57. The Morgan fingerprint density at radius 1 is 1.10 bits per heavy atom. The smallest absolute Gasteiger partial charge is 0.274 e. The maximum Gasteiger partial charge on any atom is 0.274 e. The standard InChI is InChI=1S/C23H30N4O3/c1-17-20(13-8-14-22(17)27(29)30)25-23(28)15-24-21-12-7-6-9-18(21)16-26(2)19-10-4-3-5-11-19/h6-9,12-14,19,24H,3-5,10-11,15-16H2,1-2H3,(H,25,28). The summed E-state index contributed by atoms with van der Waals surface area (Å²) in [6, 6.07) is 13.3. The first-order valence-electron chi connectivity index (χ1n) is 10.5. The third-order valence-corrected chi connectivity index (χ3v) is 5.85. The fourth-order valence-corrected chi connectivity index (χ4v) is 4.08. The molecule has 0 aliphatic heterocycles. The van der Waals surface area contributed by atoms with Crippen molar-refractivity contribution in [1.82, 2.24) is 4.90 Å². The highest BCUT2D eigenvalue weighted by Gasteiger charge is 2.19. The first-order chi connectivity index (χ1) is 14.5. The summed E-state index contributed by atoms with van der Waals surface area (Å²) in [7, 11) is 2.17. The first-order valence-corrected chi connectivity index (χ1v) is 10.5. The molecule has 7 heteroatoms. The Morgan fingerprint density at radius 3 is 2.53 bits per heavy atom. The lowest BCUT2D eigenvalue weighted by Gasteiger charge is -2.31. The summed E-state index contributed by atoms with van der Waals surface area (Å²) in [6.45, 7) is 2.56. The van der Waals surface area contributed by atoms with Crippen LogP contribution in [0.1, 0.15) is 43.2 Å². The molecule has 1 aliphatic rings. The number of para-hydroxylation sites is 1. The normalized spacial score (nSPS) is 14.5. The molecule has 2 N–H and O–H groups in total. The molecule has 2 aromatic carbocycles. The Balaban J connectivity index is 1.60. The molecule has 1 fully saturated rings. The van der Waals surface area contributed by atoms with E-state index < -0.39 is 4.92 Å². The van der Waals surface area contributed by atoms with Crippen molar-refractivity contribution < 1.29 is 9.72 Å². The van der Waals surface area contributed by atoms with E-state index in [1.165, 1.54) is 38.2 Å². The zero-order valence-electron chi connectivity index (χ0n) is 17.7. The number of nitrogens with zero attached hydrogens (tertiary/aromatic N) is 2. The van der Waals surface area contributed by atoms with Gasteiger partial charge in [-0.25, -0.2) is 0 Å². The van der Waals surface area contributed by atoms with Gasteiger partial charge < -0.3 is 10.6 Å². The molecule has 160 valence electrons. The topological polar surface area (TPSA) is 87.5 Å². The number of anilines is 2. The van der Waals surface area contributed by atoms with Crippen LogP contribution in [0.3, 0.4) is 0 Å². The summed E-state index contributed by atoms with van der Waals surface area (Å²) in [6.07, 6.45) is 6.42. The molecule has 1 saturated carbocycles. The van der Waals surface area contributed by atoms with Gasteiger partial charge in [0.25, 0.3) is 5.69 Å². The summed E-state index contributed by atoms with van der Waals surface area (Å²) < 4.78 is 0. The van der Waals surface area contributed by atoms with E-state index in [-0.39, 0.29) is 18.1 Å². The van der Waals surface area contributed by atoms with E-state index in [4.69, 9.17) is 0 Å². The van der Waals surface area contributed by atoms with Crippen molar-refractivity contribution in [3.63, 3.8) is 0 Å². The molecule has 0 atom stereocenters. The minimum absolute atomic E-state index is 0.00291. The van der Waals surface area contributed by atoms with Gasteiger partial charge in [-0.1, -0.05) is 43.5 Å². The van der Waals surface area contributed by atoms with Gasteiger partial charge in [0.1, 0.15) is 0 Å². The van der Waals surface area contributed by atoms with Crippen molar-refractivity contribution in [2.75, 3.05) is 24.2 Å². The van der Waals surface area contributed by atoms with Gasteiger partial charge in [-0.2, -0.15) is 0 Å². The number of nitrogens with one attached hydrogen (secondary N) is 2. The fraction of sp³-hybridized carbons (Fsp3) is 0.435. The third-order valence-electron chi connectivity index (χ3n) is 5.85. The van der Waals surface area contributed by atoms with Gasteiger partial charge in [0.15, 0.2) is 0 Å². The number of nitro benzene ring substituents is 1. The number of hydrogen-bond acceptors (Lipinski definition) is 5. The predicted molar refractivity (Wildman–Crippen MR) is 120 cm³/mol. The Morgan fingerprint density at radius 2 is 1.80 bits per heavy atom. The van der Waals surface area contributed by atoms with E-state index in [1.807, 2.05) is 18.2 Å². The molecule has 3 rings (SSSR count). The van der Waals surface area contributed by atoms with Crippen molar-refractivity contribution in [3.8, 4) is 0 Å². The van der Waals surface area contributed by atoms with Gasteiger partial charge in [0, 0.05) is 24.3 Å². The molecule has 30 heavy (non-hydrogen) atoms. The number of hydrogen-bond donors (Lipinski definition) is 2. The number of amides is 1. The quantitative estimate of drug-likeness (QED) is 0.486. The van der Waals surface area contributed by atoms with Crippen LogP contribution < -0.4 is 10.6 Å². The lowest BCUT2D eigenvalue weighted by molar-refractivity contribution is -0.385. The lowest BCUT2D eigenvalue weighted by Crippen LogP contribution is -2.33. The van der Waals surface area contributed by atoms with Crippen LogP contribution in [0.15, 0.2) is 42.5 Å². The molecule has 0 radical (unpaired) electrons. The first kappa shape index (κ1) is 21.8. The molecule has 0 bridgehead atoms. The van der Waals surface area contributed by atoms with E-state index in [0.29, 0.717) is 17.3 Å². The summed E-state index contributed by atoms with van der Waals surface area (Å²) in [4.78, 5) is 25.5. The number of nitro groups is 1. The minimum Gasteiger partial charge on any atom is -0.376 e. The van der Waals surface area contributed by atoms with Crippen LogP contribution >= 0.6 is 0 Å². The Kier molecular flexibility index (Phi) is 7.41. The summed E-state index contributed by atoms with van der Waals surface area (Å²) >= 11 is 0. The molecule has 2 aromatic rings. The van der Waals surface area contributed by atoms with Crippen LogP contribution in [0.4, 0.5) is 17.1 Å². The summed E-state index contributed by atoms with van der Waals surface area (Å²) in [5, 5.41) is 17.1. The zero-order chi connectivity index (χ0) is 21.5. The monoisotopic (exact) mass is 410 g/mol. The lowest BCUT2D eigenvalue weighted by atomic mass is 9.94. The van der Waals surface area contributed by atoms with E-state index in [1.54, 1.807) is 19.1 Å². The van der Waals surface area contributed by atoms with Crippen LogP contribution in [-0.2, 0) is 11.3 Å². The average molecular weight is 411 g/mol. The van der Waals surface area contributed by atoms with E-state index >= 15 is 0 Å². The zero-order valence-corrected chi connectivity index (χ0v) is 17.7. The maximum absolute atomic E-state index is 12.4. The Bertz CT molecular complexity index is 894. The van der Waals surface area contributed by atoms with Crippen molar-refractivity contribution in [2.45, 2.75) is 51.6 Å². The van der Waals surface area contributed by atoms with Gasteiger partial charge in [0.2, 0.25) is 5.91 Å². The van der Waals surface area contributed by atoms with Gasteiger partial charge in [0.05, 0.1) is 22.7 Å². The molecule has 0 unspecified atom stereocenters. The second kappa shape index (κ2) is 10.2. The number of carbonyl (C=O) groups excluding carboxylic acids is 1. The van der Waals surface area contributed by atoms with Crippen molar-refractivity contribution in [1.29, 1.82) is 0 Å². The van der Waals surface area contributed by atoms with Crippen LogP contribution in [0.2, 0.25) is 0 Å². The highest BCUT2D eigenvalue weighted by molar-refractivity contribution is 5.95. The Hall–Kier alpha value is -2.93. The summed E-state index contributed by atoms with van der Waals surface area (Å²) in [5.74, 6) is -0.242. The van der Waals surface area contributed by atoms with Gasteiger partial charge in [-0.15, -0.1) is 0 Å². The predicted octanol–water partition coefficient (Wildman–Crippen LogP) is 4.72. The number of benzene rings is 2. The SMILES string of the molecule is Cc1c(NC(=O)CNc2ccccc2CN(C)C2CCCCC2)cccc1[N+](=O)[O-]. The van der Waals surface area contributed by atoms with Crippen LogP contribution in [-0.4, -0.2) is 35.4 Å². The average Bonchev–Trinajstić information content (AvgIpc) is 2.75. The van der Waals surface area contributed by atoms with Crippen LogP contribution in [0.5, 0.6) is 0 Å².